The standard InChI is InChI=1S/C19H16N4O3S/c1-12-10-17(21-18(24)13-6-3-4-7-15(13)25-2)23(22-12)19-20-14(11-27-19)16-8-5-9-26-16/h3-11H,1-2H3,(H,21,24). The molecule has 0 aliphatic rings. The number of anilines is 1. The molecule has 3 heterocycles. The van der Waals surface area contributed by atoms with Crippen molar-refractivity contribution in [3.63, 3.8) is 0 Å². The summed E-state index contributed by atoms with van der Waals surface area (Å²) in [5, 5.41) is 9.86. The second kappa shape index (κ2) is 7.08. The Morgan fingerprint density at radius 1 is 1.26 bits per heavy atom. The normalized spacial score (nSPS) is 10.7. The number of nitrogens with zero attached hydrogens (tertiary/aromatic N) is 3. The minimum absolute atomic E-state index is 0.281. The minimum atomic E-state index is -0.281. The molecule has 0 fully saturated rings. The van der Waals surface area contributed by atoms with Crippen LogP contribution in [0.25, 0.3) is 16.6 Å². The van der Waals surface area contributed by atoms with Crippen molar-refractivity contribution in [2.24, 2.45) is 0 Å². The molecule has 1 amide bonds. The van der Waals surface area contributed by atoms with Gasteiger partial charge in [0.1, 0.15) is 17.3 Å². The molecule has 0 aliphatic heterocycles. The Hall–Kier alpha value is -3.39. The fourth-order valence-electron chi connectivity index (χ4n) is 2.65. The molecule has 0 unspecified atom stereocenters. The second-order valence-corrected chi connectivity index (χ2v) is 6.57. The van der Waals surface area contributed by atoms with Crippen molar-refractivity contribution >= 4 is 23.1 Å². The van der Waals surface area contributed by atoms with E-state index < -0.39 is 0 Å². The molecule has 7 nitrogen and oxygen atoms in total. The van der Waals surface area contributed by atoms with E-state index in [9.17, 15) is 4.79 Å². The molecule has 0 saturated heterocycles. The summed E-state index contributed by atoms with van der Waals surface area (Å²) in [6, 6.07) is 12.5. The highest BCUT2D eigenvalue weighted by Crippen LogP contribution is 2.27. The molecule has 0 spiro atoms. The second-order valence-electron chi connectivity index (χ2n) is 5.73. The van der Waals surface area contributed by atoms with E-state index in [0.29, 0.717) is 28.0 Å². The average molecular weight is 380 g/mol. The van der Waals surface area contributed by atoms with E-state index in [1.165, 1.54) is 18.4 Å². The number of hydrogen-bond acceptors (Lipinski definition) is 6. The number of amides is 1. The summed E-state index contributed by atoms with van der Waals surface area (Å²) in [4.78, 5) is 17.3. The lowest BCUT2D eigenvalue weighted by Crippen LogP contribution is -2.16. The molecule has 0 atom stereocenters. The van der Waals surface area contributed by atoms with E-state index in [1.54, 1.807) is 35.2 Å². The number of nitrogens with one attached hydrogen (secondary N) is 1. The van der Waals surface area contributed by atoms with Gasteiger partial charge < -0.3 is 14.5 Å². The summed E-state index contributed by atoms with van der Waals surface area (Å²) in [7, 11) is 1.53. The number of para-hydroxylation sites is 1. The molecule has 4 rings (SSSR count). The highest BCUT2D eigenvalue weighted by molar-refractivity contribution is 7.12. The lowest BCUT2D eigenvalue weighted by Gasteiger charge is -2.09. The maximum atomic E-state index is 12.7. The van der Waals surface area contributed by atoms with Crippen LogP contribution in [0.2, 0.25) is 0 Å². The smallest absolute Gasteiger partial charge is 0.260 e. The number of ether oxygens (including phenoxy) is 1. The Morgan fingerprint density at radius 3 is 2.89 bits per heavy atom. The molecule has 1 aromatic carbocycles. The number of rotatable bonds is 5. The summed E-state index contributed by atoms with van der Waals surface area (Å²) >= 11 is 1.41. The van der Waals surface area contributed by atoms with E-state index in [-0.39, 0.29) is 5.91 Å². The van der Waals surface area contributed by atoms with Crippen molar-refractivity contribution in [3.8, 4) is 22.3 Å². The number of carbonyl (C=O) groups is 1. The highest BCUT2D eigenvalue weighted by atomic mass is 32.1. The molecule has 0 radical (unpaired) electrons. The lowest BCUT2D eigenvalue weighted by atomic mass is 10.2. The third-order valence-electron chi connectivity index (χ3n) is 3.87. The molecule has 0 aliphatic carbocycles. The molecule has 0 saturated carbocycles. The van der Waals surface area contributed by atoms with Gasteiger partial charge in [0.25, 0.3) is 5.91 Å². The zero-order valence-electron chi connectivity index (χ0n) is 14.7. The quantitative estimate of drug-likeness (QED) is 0.562. The molecule has 8 heteroatoms. The van der Waals surface area contributed by atoms with E-state index in [0.717, 1.165) is 11.4 Å². The van der Waals surface area contributed by atoms with Crippen molar-refractivity contribution < 1.29 is 13.9 Å². The maximum Gasteiger partial charge on any atom is 0.260 e. The summed E-state index contributed by atoms with van der Waals surface area (Å²) in [6.45, 7) is 1.86. The van der Waals surface area contributed by atoms with Crippen molar-refractivity contribution in [2.45, 2.75) is 6.92 Å². The number of aryl methyl sites for hydroxylation is 1. The van der Waals surface area contributed by atoms with Crippen LogP contribution in [0, 0.1) is 6.92 Å². The third kappa shape index (κ3) is 3.34. The molecular formula is C19H16N4O3S. The third-order valence-corrected chi connectivity index (χ3v) is 4.69. The molecule has 4 aromatic rings. The van der Waals surface area contributed by atoms with Gasteiger partial charge in [-0.05, 0) is 31.2 Å². The van der Waals surface area contributed by atoms with E-state index in [4.69, 9.17) is 9.15 Å². The fraction of sp³-hybridized carbons (Fsp3) is 0.105. The predicted molar refractivity (Wildman–Crippen MR) is 103 cm³/mol. The summed E-state index contributed by atoms with van der Waals surface area (Å²) in [5.41, 5.74) is 1.93. The Balaban J connectivity index is 1.65. The van der Waals surface area contributed by atoms with Gasteiger partial charge in [-0.3, -0.25) is 4.79 Å². The van der Waals surface area contributed by atoms with E-state index in [1.807, 2.05) is 30.5 Å². The van der Waals surface area contributed by atoms with Gasteiger partial charge in [-0.15, -0.1) is 11.3 Å². The SMILES string of the molecule is COc1ccccc1C(=O)Nc1cc(C)nn1-c1nc(-c2ccco2)cs1. The summed E-state index contributed by atoms with van der Waals surface area (Å²) in [6.07, 6.45) is 1.60. The zero-order valence-corrected chi connectivity index (χ0v) is 15.5. The van der Waals surface area contributed by atoms with Gasteiger partial charge in [-0.25, -0.2) is 4.98 Å². The minimum Gasteiger partial charge on any atom is -0.496 e. The van der Waals surface area contributed by atoms with Crippen LogP contribution in [0.4, 0.5) is 5.82 Å². The Kier molecular flexibility index (Phi) is 4.47. The summed E-state index contributed by atoms with van der Waals surface area (Å²) in [5.74, 6) is 1.44. The summed E-state index contributed by atoms with van der Waals surface area (Å²) < 4.78 is 12.3. The molecule has 136 valence electrons. The molecule has 0 bridgehead atoms. The first-order valence-electron chi connectivity index (χ1n) is 8.16. The number of hydrogen-bond donors (Lipinski definition) is 1. The topological polar surface area (TPSA) is 82.2 Å². The number of furan rings is 1. The van der Waals surface area contributed by atoms with Crippen molar-refractivity contribution in [1.82, 2.24) is 14.8 Å². The first kappa shape index (κ1) is 17.0. The number of thiazole rings is 1. The van der Waals surface area contributed by atoms with E-state index in [2.05, 4.69) is 15.4 Å². The van der Waals surface area contributed by atoms with Crippen LogP contribution in [0.3, 0.4) is 0 Å². The van der Waals surface area contributed by atoms with Crippen LogP contribution >= 0.6 is 11.3 Å². The number of methoxy groups -OCH3 is 1. The van der Waals surface area contributed by atoms with Crippen molar-refractivity contribution in [2.75, 3.05) is 12.4 Å². The van der Waals surface area contributed by atoms with Crippen LogP contribution in [0.5, 0.6) is 5.75 Å². The largest absolute Gasteiger partial charge is 0.496 e. The number of aromatic nitrogens is 3. The highest BCUT2D eigenvalue weighted by Gasteiger charge is 2.17. The van der Waals surface area contributed by atoms with Gasteiger partial charge in [-0.2, -0.15) is 9.78 Å². The first-order valence-corrected chi connectivity index (χ1v) is 9.04. The van der Waals surface area contributed by atoms with Crippen LogP contribution in [0.15, 0.2) is 58.5 Å². The van der Waals surface area contributed by atoms with Crippen molar-refractivity contribution in [3.05, 3.63) is 65.4 Å². The van der Waals surface area contributed by atoms with Gasteiger partial charge in [0.15, 0.2) is 5.76 Å². The first-order chi connectivity index (χ1) is 13.2. The Labute approximate surface area is 159 Å². The average Bonchev–Trinajstić information content (AvgIpc) is 3.42. The molecule has 1 N–H and O–H groups in total. The lowest BCUT2D eigenvalue weighted by molar-refractivity contribution is 0.102. The van der Waals surface area contributed by atoms with Crippen LogP contribution in [-0.4, -0.2) is 27.8 Å². The maximum absolute atomic E-state index is 12.7. The van der Waals surface area contributed by atoms with E-state index >= 15 is 0 Å². The van der Waals surface area contributed by atoms with Crippen molar-refractivity contribution in [1.29, 1.82) is 0 Å². The molecular weight excluding hydrogens is 364 g/mol. The monoisotopic (exact) mass is 380 g/mol. The zero-order chi connectivity index (χ0) is 18.8. The van der Waals surface area contributed by atoms with Crippen LogP contribution in [0.1, 0.15) is 16.1 Å². The van der Waals surface area contributed by atoms with Gasteiger partial charge >= 0.3 is 0 Å². The molecule has 27 heavy (non-hydrogen) atoms. The van der Waals surface area contributed by atoms with Gasteiger partial charge in [0, 0.05) is 11.4 Å². The number of carbonyl (C=O) groups excluding carboxylic acids is 1. The van der Waals surface area contributed by atoms with Crippen LogP contribution in [-0.2, 0) is 0 Å². The van der Waals surface area contributed by atoms with Gasteiger partial charge in [-0.1, -0.05) is 12.1 Å². The Morgan fingerprint density at radius 2 is 2.11 bits per heavy atom. The predicted octanol–water partition coefficient (Wildman–Crippen LogP) is 4.16. The number of benzene rings is 1. The Bertz CT molecular complexity index is 1080. The fourth-order valence-corrected chi connectivity index (χ4v) is 3.43. The van der Waals surface area contributed by atoms with Gasteiger partial charge in [0.05, 0.1) is 24.6 Å². The molecule has 3 aromatic heterocycles. The van der Waals surface area contributed by atoms with Crippen LogP contribution < -0.4 is 10.1 Å². The van der Waals surface area contributed by atoms with Gasteiger partial charge in [0.2, 0.25) is 5.13 Å².